The largest absolute Gasteiger partial charge is 0.427 e. The van der Waals surface area contributed by atoms with Crippen molar-refractivity contribution in [3.63, 3.8) is 0 Å². The summed E-state index contributed by atoms with van der Waals surface area (Å²) in [6.45, 7) is 2.13. The van der Waals surface area contributed by atoms with E-state index >= 15 is 0 Å². The zero-order valence-corrected chi connectivity index (χ0v) is 12.4. The lowest BCUT2D eigenvalue weighted by atomic mass is 10.1. The highest BCUT2D eigenvalue weighted by molar-refractivity contribution is 7.85. The van der Waals surface area contributed by atoms with Crippen molar-refractivity contribution < 1.29 is 22.5 Å². The molecule has 0 amide bonds. The average molecular weight is 300 g/mol. The van der Waals surface area contributed by atoms with Gasteiger partial charge in [-0.2, -0.15) is 8.42 Å². The lowest BCUT2D eigenvalue weighted by Gasteiger charge is -2.05. The molecule has 1 aromatic carbocycles. The van der Waals surface area contributed by atoms with Gasteiger partial charge in [0.1, 0.15) is 5.75 Å². The summed E-state index contributed by atoms with van der Waals surface area (Å²) in [6, 6.07) is 5.08. The average Bonchev–Trinajstić information content (AvgIpc) is 2.38. The second-order valence-electron chi connectivity index (χ2n) is 4.58. The Labute approximate surface area is 119 Å². The smallest absolute Gasteiger partial charge is 0.311 e. The highest BCUT2D eigenvalue weighted by Gasteiger charge is 2.10. The third-order valence-electron chi connectivity index (χ3n) is 2.84. The first-order valence-corrected chi connectivity index (χ1v) is 8.15. The van der Waals surface area contributed by atoms with Crippen molar-refractivity contribution in [2.24, 2.45) is 0 Å². The minimum atomic E-state index is -4.21. The van der Waals surface area contributed by atoms with Crippen molar-refractivity contribution in [3.8, 4) is 5.75 Å². The van der Waals surface area contributed by atoms with Gasteiger partial charge in [0, 0.05) is 6.42 Å². The molecule has 0 heterocycles. The minimum absolute atomic E-state index is 0.225. The molecule has 0 aromatic heterocycles. The number of hydrogen-bond acceptors (Lipinski definition) is 4. The van der Waals surface area contributed by atoms with Gasteiger partial charge in [0.15, 0.2) is 0 Å². The summed E-state index contributed by atoms with van der Waals surface area (Å²) in [5.41, 5.74) is 0. The maximum atomic E-state index is 11.5. The van der Waals surface area contributed by atoms with E-state index in [1.54, 1.807) is 0 Å². The van der Waals surface area contributed by atoms with Crippen LogP contribution < -0.4 is 4.74 Å². The Morgan fingerprint density at radius 1 is 1.10 bits per heavy atom. The van der Waals surface area contributed by atoms with E-state index in [9.17, 15) is 13.2 Å². The van der Waals surface area contributed by atoms with E-state index in [-0.39, 0.29) is 16.6 Å². The molecule has 5 nitrogen and oxygen atoms in total. The van der Waals surface area contributed by atoms with Crippen molar-refractivity contribution in [2.75, 3.05) is 0 Å². The summed E-state index contributed by atoms with van der Waals surface area (Å²) in [7, 11) is -4.21. The van der Waals surface area contributed by atoms with E-state index in [1.165, 1.54) is 30.7 Å². The molecule has 0 saturated carbocycles. The first kappa shape index (κ1) is 16.7. The minimum Gasteiger partial charge on any atom is -0.427 e. The molecule has 112 valence electrons. The number of benzene rings is 1. The zero-order valence-electron chi connectivity index (χ0n) is 11.5. The van der Waals surface area contributed by atoms with Gasteiger partial charge in [-0.3, -0.25) is 9.35 Å². The lowest BCUT2D eigenvalue weighted by molar-refractivity contribution is -0.134. The Bertz CT molecular complexity index is 519. The van der Waals surface area contributed by atoms with Gasteiger partial charge in [-0.1, -0.05) is 32.6 Å². The molecular formula is C14H20O5S. The molecule has 0 aliphatic carbocycles. The molecule has 0 unspecified atom stereocenters. The number of esters is 1. The molecule has 0 aliphatic rings. The quantitative estimate of drug-likeness (QED) is 0.345. The third kappa shape index (κ3) is 6.16. The number of hydrogen-bond donors (Lipinski definition) is 1. The summed E-state index contributed by atoms with van der Waals surface area (Å²) in [6.07, 6.45) is 5.60. The molecule has 1 N–H and O–H groups in total. The van der Waals surface area contributed by atoms with Gasteiger partial charge in [-0.25, -0.2) is 0 Å². The van der Waals surface area contributed by atoms with Crippen LogP contribution in [0.2, 0.25) is 0 Å². The Balaban J connectivity index is 2.39. The summed E-state index contributed by atoms with van der Waals surface area (Å²) in [4.78, 5) is 11.3. The van der Waals surface area contributed by atoms with Gasteiger partial charge < -0.3 is 4.74 Å². The maximum absolute atomic E-state index is 11.5. The maximum Gasteiger partial charge on any atom is 0.311 e. The van der Waals surface area contributed by atoms with E-state index in [0.29, 0.717) is 6.42 Å². The summed E-state index contributed by atoms with van der Waals surface area (Å²) in [5.74, 6) is -0.0583. The molecular weight excluding hydrogens is 280 g/mol. The zero-order chi connectivity index (χ0) is 15.0. The van der Waals surface area contributed by atoms with Gasteiger partial charge in [0.2, 0.25) is 0 Å². The molecule has 0 bridgehead atoms. The van der Waals surface area contributed by atoms with Crippen LogP contribution in [0.5, 0.6) is 5.75 Å². The Morgan fingerprint density at radius 2 is 1.70 bits per heavy atom. The molecule has 0 fully saturated rings. The highest BCUT2D eigenvalue weighted by atomic mass is 32.2. The topological polar surface area (TPSA) is 80.7 Å². The van der Waals surface area contributed by atoms with Crippen LogP contribution in [0.15, 0.2) is 29.2 Å². The molecule has 6 heteroatoms. The molecule has 0 atom stereocenters. The van der Waals surface area contributed by atoms with E-state index in [4.69, 9.17) is 9.29 Å². The van der Waals surface area contributed by atoms with Crippen molar-refractivity contribution in [1.29, 1.82) is 0 Å². The Kier molecular flexibility index (Phi) is 6.67. The second kappa shape index (κ2) is 8.01. The number of carbonyl (C=O) groups is 1. The number of rotatable bonds is 8. The van der Waals surface area contributed by atoms with Crippen LogP contribution in [0.1, 0.15) is 45.4 Å². The van der Waals surface area contributed by atoms with E-state index in [2.05, 4.69) is 6.92 Å². The monoisotopic (exact) mass is 300 g/mol. The van der Waals surface area contributed by atoms with E-state index < -0.39 is 10.1 Å². The third-order valence-corrected chi connectivity index (χ3v) is 3.71. The molecule has 1 aromatic rings. The van der Waals surface area contributed by atoms with Crippen LogP contribution in [-0.2, 0) is 14.9 Å². The number of ether oxygens (including phenoxy) is 1. The standard InChI is InChI=1S/C14H20O5S/c1-2-3-4-5-6-7-14(15)19-12-8-10-13(11-9-12)20(16,17)18/h8-11H,2-7H2,1H3,(H,16,17,18). The fourth-order valence-corrected chi connectivity index (χ4v) is 2.22. The SMILES string of the molecule is CCCCCCCC(=O)Oc1ccc(S(=O)(=O)O)cc1. The highest BCUT2D eigenvalue weighted by Crippen LogP contribution is 2.16. The normalized spacial score (nSPS) is 11.3. The van der Waals surface area contributed by atoms with Crippen molar-refractivity contribution in [2.45, 2.75) is 50.3 Å². The molecule has 0 radical (unpaired) electrons. The van der Waals surface area contributed by atoms with Crippen LogP contribution in [0.4, 0.5) is 0 Å². The molecule has 0 spiro atoms. The number of carbonyl (C=O) groups excluding carboxylic acids is 1. The van der Waals surface area contributed by atoms with Gasteiger partial charge in [0.25, 0.3) is 10.1 Å². The number of unbranched alkanes of at least 4 members (excludes halogenated alkanes) is 4. The summed E-state index contributed by atoms with van der Waals surface area (Å²) >= 11 is 0. The first-order chi connectivity index (χ1) is 9.43. The second-order valence-corrected chi connectivity index (χ2v) is 6.01. The van der Waals surface area contributed by atoms with E-state index in [0.717, 1.165) is 25.7 Å². The van der Waals surface area contributed by atoms with E-state index in [1.807, 2.05) is 0 Å². The fourth-order valence-electron chi connectivity index (χ4n) is 1.74. The van der Waals surface area contributed by atoms with Gasteiger partial charge in [0.05, 0.1) is 4.90 Å². The first-order valence-electron chi connectivity index (χ1n) is 6.71. The summed E-state index contributed by atoms with van der Waals surface area (Å²) < 4.78 is 35.6. The van der Waals surface area contributed by atoms with Gasteiger partial charge in [-0.15, -0.1) is 0 Å². The van der Waals surface area contributed by atoms with Crippen LogP contribution in [0.25, 0.3) is 0 Å². The molecule has 1 rings (SSSR count). The van der Waals surface area contributed by atoms with Crippen molar-refractivity contribution >= 4 is 16.1 Å². The van der Waals surface area contributed by atoms with Gasteiger partial charge in [-0.05, 0) is 30.7 Å². The van der Waals surface area contributed by atoms with Crippen LogP contribution >= 0.6 is 0 Å². The lowest BCUT2D eigenvalue weighted by Crippen LogP contribution is -2.07. The Morgan fingerprint density at radius 3 is 2.25 bits per heavy atom. The van der Waals surface area contributed by atoms with Crippen molar-refractivity contribution in [3.05, 3.63) is 24.3 Å². The van der Waals surface area contributed by atoms with Crippen LogP contribution in [0.3, 0.4) is 0 Å². The predicted molar refractivity (Wildman–Crippen MR) is 75.3 cm³/mol. The fraction of sp³-hybridized carbons (Fsp3) is 0.500. The van der Waals surface area contributed by atoms with Crippen LogP contribution in [-0.4, -0.2) is 18.9 Å². The Hall–Kier alpha value is -1.40. The van der Waals surface area contributed by atoms with Crippen molar-refractivity contribution in [1.82, 2.24) is 0 Å². The summed E-state index contributed by atoms with van der Waals surface area (Å²) in [5, 5.41) is 0. The van der Waals surface area contributed by atoms with Crippen LogP contribution in [0, 0.1) is 0 Å². The molecule has 0 saturated heterocycles. The molecule has 0 aliphatic heterocycles. The van der Waals surface area contributed by atoms with Gasteiger partial charge >= 0.3 is 5.97 Å². The molecule has 20 heavy (non-hydrogen) atoms. The predicted octanol–water partition coefficient (Wildman–Crippen LogP) is 3.20.